The van der Waals surface area contributed by atoms with Crippen LogP contribution < -0.4 is 14.2 Å². The van der Waals surface area contributed by atoms with Crippen LogP contribution in [0.4, 0.5) is 0 Å². The second-order valence-electron chi connectivity index (χ2n) is 3.75. The molecule has 0 radical (unpaired) electrons. The Labute approximate surface area is 106 Å². The van der Waals surface area contributed by atoms with Crippen molar-refractivity contribution < 1.29 is 19.3 Å². The lowest BCUT2D eigenvalue weighted by Crippen LogP contribution is -2.12. The fourth-order valence-electron chi connectivity index (χ4n) is 2.08. The zero-order valence-electron chi connectivity index (χ0n) is 9.07. The summed E-state index contributed by atoms with van der Waals surface area (Å²) in [5.41, 5.74) is 1.49. The summed E-state index contributed by atoms with van der Waals surface area (Å²) in [6, 6.07) is 0. The van der Waals surface area contributed by atoms with Crippen LogP contribution in [0.2, 0.25) is 0 Å². The van der Waals surface area contributed by atoms with Gasteiger partial charge < -0.3 is 19.3 Å². The number of rotatable bonds is 1. The Morgan fingerprint density at radius 3 is 3.00 bits per heavy atom. The highest BCUT2D eigenvalue weighted by molar-refractivity contribution is 9.10. The molecule has 2 aliphatic rings. The minimum atomic E-state index is -0.659. The first-order chi connectivity index (χ1) is 8.24. The van der Waals surface area contributed by atoms with E-state index in [4.69, 9.17) is 14.2 Å². The molecule has 1 aromatic rings. The number of methoxy groups -OCH3 is 1. The Bertz CT molecular complexity index is 515. The fraction of sp³-hybridized carbons (Fsp3) is 0.364. The van der Waals surface area contributed by atoms with Gasteiger partial charge in [0.25, 0.3) is 0 Å². The van der Waals surface area contributed by atoms with Crippen molar-refractivity contribution in [2.45, 2.75) is 6.10 Å². The maximum atomic E-state index is 10.00. The molecule has 0 fully saturated rings. The molecule has 1 unspecified atom stereocenters. The molecule has 1 aromatic carbocycles. The number of aliphatic imine (C=N–C) groups is 1. The first-order valence-electron chi connectivity index (χ1n) is 5.11. The SMILES string of the molecule is COc1c(Br)c2c(c3c1OCO3)C=NCC2O. The Hall–Kier alpha value is -1.27. The molecule has 0 bridgehead atoms. The predicted molar refractivity (Wildman–Crippen MR) is 64.2 cm³/mol. The molecule has 2 aliphatic heterocycles. The van der Waals surface area contributed by atoms with Crippen molar-refractivity contribution in [2.75, 3.05) is 20.4 Å². The first-order valence-corrected chi connectivity index (χ1v) is 5.90. The van der Waals surface area contributed by atoms with Gasteiger partial charge in [-0.1, -0.05) is 0 Å². The van der Waals surface area contributed by atoms with E-state index in [9.17, 15) is 5.11 Å². The van der Waals surface area contributed by atoms with Crippen LogP contribution >= 0.6 is 15.9 Å². The standard InChI is InChI=1S/C11H10BrNO4/c1-15-10-8(12)7-5(2-13-3-6(7)14)9-11(10)17-4-16-9/h2,6,14H,3-4H2,1H3. The van der Waals surface area contributed by atoms with Crippen molar-refractivity contribution in [1.82, 2.24) is 0 Å². The van der Waals surface area contributed by atoms with Gasteiger partial charge in [-0.2, -0.15) is 0 Å². The van der Waals surface area contributed by atoms with E-state index in [2.05, 4.69) is 20.9 Å². The van der Waals surface area contributed by atoms with Gasteiger partial charge in [0.1, 0.15) is 6.10 Å². The Morgan fingerprint density at radius 2 is 2.24 bits per heavy atom. The molecular formula is C11H10BrNO4. The zero-order valence-corrected chi connectivity index (χ0v) is 10.7. The molecule has 0 aliphatic carbocycles. The summed E-state index contributed by atoms with van der Waals surface area (Å²) in [7, 11) is 1.55. The Kier molecular flexibility index (Phi) is 2.48. The van der Waals surface area contributed by atoms with E-state index in [1.165, 1.54) is 0 Å². The van der Waals surface area contributed by atoms with Crippen LogP contribution in [0.25, 0.3) is 0 Å². The van der Waals surface area contributed by atoms with E-state index < -0.39 is 6.10 Å². The van der Waals surface area contributed by atoms with Gasteiger partial charge in [0.05, 0.1) is 18.1 Å². The highest BCUT2D eigenvalue weighted by atomic mass is 79.9. The number of hydrogen-bond donors (Lipinski definition) is 1. The lowest BCUT2D eigenvalue weighted by molar-refractivity contribution is 0.170. The smallest absolute Gasteiger partial charge is 0.231 e. The molecular weight excluding hydrogens is 290 g/mol. The Balaban J connectivity index is 2.34. The molecule has 0 spiro atoms. The van der Waals surface area contributed by atoms with E-state index in [0.29, 0.717) is 28.3 Å². The number of aliphatic hydroxyl groups is 1. The van der Waals surface area contributed by atoms with Gasteiger partial charge in [0, 0.05) is 17.3 Å². The van der Waals surface area contributed by atoms with Crippen LogP contribution in [0.15, 0.2) is 9.47 Å². The van der Waals surface area contributed by atoms with E-state index in [-0.39, 0.29) is 6.79 Å². The van der Waals surface area contributed by atoms with E-state index >= 15 is 0 Å². The van der Waals surface area contributed by atoms with Gasteiger partial charge in [0.2, 0.25) is 12.5 Å². The van der Waals surface area contributed by atoms with Crippen molar-refractivity contribution in [3.63, 3.8) is 0 Å². The van der Waals surface area contributed by atoms with Crippen molar-refractivity contribution in [2.24, 2.45) is 4.99 Å². The summed E-state index contributed by atoms with van der Waals surface area (Å²) in [4.78, 5) is 4.10. The largest absolute Gasteiger partial charge is 0.492 e. The topological polar surface area (TPSA) is 60.3 Å². The molecule has 1 atom stereocenters. The normalized spacial score (nSPS) is 20.3. The van der Waals surface area contributed by atoms with Gasteiger partial charge >= 0.3 is 0 Å². The Morgan fingerprint density at radius 1 is 1.47 bits per heavy atom. The molecule has 5 nitrogen and oxygen atoms in total. The van der Waals surface area contributed by atoms with Crippen molar-refractivity contribution in [3.8, 4) is 17.2 Å². The predicted octanol–water partition coefficient (Wildman–Crippen LogP) is 1.65. The molecule has 3 rings (SSSR count). The molecule has 0 aromatic heterocycles. The van der Waals surface area contributed by atoms with Crippen LogP contribution in [0.1, 0.15) is 17.2 Å². The van der Waals surface area contributed by atoms with Crippen LogP contribution in [0.3, 0.4) is 0 Å². The van der Waals surface area contributed by atoms with Gasteiger partial charge in [-0.25, -0.2) is 0 Å². The molecule has 90 valence electrons. The summed E-state index contributed by atoms with van der Waals surface area (Å²) in [5, 5.41) is 10.00. The summed E-state index contributed by atoms with van der Waals surface area (Å²) >= 11 is 3.44. The molecule has 0 amide bonds. The van der Waals surface area contributed by atoms with Crippen LogP contribution in [-0.4, -0.2) is 31.8 Å². The molecule has 0 saturated heterocycles. The molecule has 1 N–H and O–H groups in total. The maximum Gasteiger partial charge on any atom is 0.231 e. The van der Waals surface area contributed by atoms with Gasteiger partial charge in [0.15, 0.2) is 11.5 Å². The minimum Gasteiger partial charge on any atom is -0.492 e. The fourth-order valence-corrected chi connectivity index (χ4v) is 2.90. The molecule has 2 heterocycles. The molecule has 6 heteroatoms. The third-order valence-electron chi connectivity index (χ3n) is 2.83. The number of hydrogen-bond acceptors (Lipinski definition) is 5. The first kappa shape index (κ1) is 10.9. The van der Waals surface area contributed by atoms with Crippen LogP contribution in [0, 0.1) is 0 Å². The number of benzene rings is 1. The third kappa shape index (κ3) is 1.44. The minimum absolute atomic E-state index is 0.151. The second kappa shape index (κ2) is 3.89. The lowest BCUT2D eigenvalue weighted by atomic mass is 9.98. The summed E-state index contributed by atoms with van der Waals surface area (Å²) in [6.07, 6.45) is 1.03. The number of ether oxygens (including phenoxy) is 3. The molecule has 17 heavy (non-hydrogen) atoms. The van der Waals surface area contributed by atoms with Crippen LogP contribution in [-0.2, 0) is 0 Å². The van der Waals surface area contributed by atoms with E-state index in [1.807, 2.05) is 0 Å². The van der Waals surface area contributed by atoms with Gasteiger partial charge in [-0.05, 0) is 15.9 Å². The van der Waals surface area contributed by atoms with E-state index in [1.54, 1.807) is 13.3 Å². The molecule has 0 saturated carbocycles. The van der Waals surface area contributed by atoms with Crippen molar-refractivity contribution in [1.29, 1.82) is 0 Å². The zero-order chi connectivity index (χ0) is 12.0. The summed E-state index contributed by atoms with van der Waals surface area (Å²) < 4.78 is 16.8. The number of fused-ring (bicyclic) bond motifs is 3. The van der Waals surface area contributed by atoms with Gasteiger partial charge in [-0.15, -0.1) is 0 Å². The average Bonchev–Trinajstić information content (AvgIpc) is 2.78. The number of halogens is 1. The average molecular weight is 300 g/mol. The number of aliphatic hydroxyl groups excluding tert-OH is 1. The van der Waals surface area contributed by atoms with Crippen molar-refractivity contribution >= 4 is 22.1 Å². The van der Waals surface area contributed by atoms with Gasteiger partial charge in [-0.3, -0.25) is 4.99 Å². The highest BCUT2D eigenvalue weighted by Crippen LogP contribution is 2.51. The van der Waals surface area contributed by atoms with Crippen LogP contribution in [0.5, 0.6) is 17.2 Å². The highest BCUT2D eigenvalue weighted by Gasteiger charge is 2.32. The summed E-state index contributed by atoms with van der Waals surface area (Å²) in [5.74, 6) is 1.69. The third-order valence-corrected chi connectivity index (χ3v) is 3.61. The summed E-state index contributed by atoms with van der Waals surface area (Å²) in [6.45, 7) is 0.493. The quantitative estimate of drug-likeness (QED) is 0.857. The maximum absolute atomic E-state index is 10.00. The second-order valence-corrected chi connectivity index (χ2v) is 4.54. The van der Waals surface area contributed by atoms with Crippen molar-refractivity contribution in [3.05, 3.63) is 15.6 Å². The number of nitrogens with zero attached hydrogens (tertiary/aromatic N) is 1. The van der Waals surface area contributed by atoms with E-state index in [0.717, 1.165) is 11.1 Å². The monoisotopic (exact) mass is 299 g/mol. The lowest BCUT2D eigenvalue weighted by Gasteiger charge is -2.21.